The van der Waals surface area contributed by atoms with Gasteiger partial charge in [0.15, 0.2) is 0 Å². The maximum atomic E-state index is 12.8. The van der Waals surface area contributed by atoms with E-state index in [1.165, 1.54) is 12.1 Å². The average molecular weight is 391 g/mol. The summed E-state index contributed by atoms with van der Waals surface area (Å²) in [7, 11) is -3.79. The number of hydrogen-bond donors (Lipinski definition) is 2. The van der Waals surface area contributed by atoms with E-state index in [9.17, 15) is 17.6 Å². The van der Waals surface area contributed by atoms with Crippen molar-refractivity contribution in [3.63, 3.8) is 0 Å². The van der Waals surface area contributed by atoms with E-state index >= 15 is 0 Å². The maximum Gasteiger partial charge on any atom is 0.240 e. The van der Waals surface area contributed by atoms with E-state index in [4.69, 9.17) is 23.2 Å². The molecule has 0 saturated heterocycles. The second kappa shape index (κ2) is 7.94. The van der Waals surface area contributed by atoms with Crippen molar-refractivity contribution in [2.75, 3.05) is 11.9 Å². The predicted octanol–water partition coefficient (Wildman–Crippen LogP) is 3.44. The number of anilines is 1. The second-order valence-electron chi connectivity index (χ2n) is 4.78. The van der Waals surface area contributed by atoms with Gasteiger partial charge in [-0.15, -0.1) is 0 Å². The van der Waals surface area contributed by atoms with Gasteiger partial charge in [0.2, 0.25) is 15.9 Å². The van der Waals surface area contributed by atoms with Crippen LogP contribution in [0, 0.1) is 5.82 Å². The van der Waals surface area contributed by atoms with Crippen LogP contribution >= 0.6 is 23.2 Å². The molecule has 2 aromatic rings. The first kappa shape index (κ1) is 18.7. The fourth-order valence-electron chi connectivity index (χ4n) is 1.79. The molecule has 2 N–H and O–H groups in total. The van der Waals surface area contributed by atoms with Gasteiger partial charge in [0.1, 0.15) is 5.82 Å². The highest BCUT2D eigenvalue weighted by Crippen LogP contribution is 2.25. The Kier molecular flexibility index (Phi) is 6.17. The van der Waals surface area contributed by atoms with E-state index in [0.717, 1.165) is 24.3 Å². The zero-order valence-electron chi connectivity index (χ0n) is 12.2. The predicted molar refractivity (Wildman–Crippen MR) is 91.3 cm³/mol. The summed E-state index contributed by atoms with van der Waals surface area (Å²) < 4.78 is 39.0. The fraction of sp³-hybridized carbons (Fsp3) is 0.133. The lowest BCUT2D eigenvalue weighted by molar-refractivity contribution is -0.116. The van der Waals surface area contributed by atoms with Gasteiger partial charge >= 0.3 is 0 Å². The highest BCUT2D eigenvalue weighted by Gasteiger charge is 2.14. The van der Waals surface area contributed by atoms with Gasteiger partial charge in [-0.2, -0.15) is 0 Å². The van der Waals surface area contributed by atoms with Crippen molar-refractivity contribution in [1.82, 2.24) is 4.72 Å². The number of carbonyl (C=O) groups is 1. The van der Waals surface area contributed by atoms with Gasteiger partial charge in [0.05, 0.1) is 14.9 Å². The number of amides is 1. The molecule has 24 heavy (non-hydrogen) atoms. The molecule has 0 spiro atoms. The Balaban J connectivity index is 1.87. The van der Waals surface area contributed by atoms with Gasteiger partial charge < -0.3 is 5.32 Å². The number of sulfonamides is 1. The number of halogens is 3. The van der Waals surface area contributed by atoms with E-state index in [0.29, 0.717) is 15.7 Å². The van der Waals surface area contributed by atoms with Crippen molar-refractivity contribution in [3.8, 4) is 0 Å². The molecule has 0 atom stereocenters. The van der Waals surface area contributed by atoms with Crippen molar-refractivity contribution in [2.45, 2.75) is 11.3 Å². The Morgan fingerprint density at radius 2 is 1.71 bits per heavy atom. The molecule has 0 heterocycles. The quantitative estimate of drug-likeness (QED) is 0.792. The van der Waals surface area contributed by atoms with Crippen LogP contribution in [0.5, 0.6) is 0 Å². The first-order chi connectivity index (χ1) is 11.3. The topological polar surface area (TPSA) is 75.3 Å². The molecular weight excluding hydrogens is 378 g/mol. The lowest BCUT2D eigenvalue weighted by atomic mass is 10.3. The normalized spacial score (nSPS) is 11.3. The summed E-state index contributed by atoms with van der Waals surface area (Å²) in [6.45, 7) is -0.104. The molecule has 1 amide bonds. The van der Waals surface area contributed by atoms with Crippen LogP contribution in [0.4, 0.5) is 10.1 Å². The number of nitrogens with one attached hydrogen (secondary N) is 2. The summed E-state index contributed by atoms with van der Waals surface area (Å²) in [6.07, 6.45) is -0.0827. The van der Waals surface area contributed by atoms with Crippen molar-refractivity contribution in [1.29, 1.82) is 0 Å². The molecule has 9 heteroatoms. The summed E-state index contributed by atoms with van der Waals surface area (Å²) in [5.74, 6) is -0.926. The molecule has 0 unspecified atom stereocenters. The second-order valence-corrected chi connectivity index (χ2v) is 7.36. The van der Waals surface area contributed by atoms with Crippen LogP contribution in [-0.4, -0.2) is 20.9 Å². The minimum Gasteiger partial charge on any atom is -0.326 e. The Morgan fingerprint density at radius 1 is 1.04 bits per heavy atom. The third-order valence-electron chi connectivity index (χ3n) is 2.97. The molecule has 0 aliphatic heterocycles. The van der Waals surface area contributed by atoms with Crippen LogP contribution in [0.1, 0.15) is 6.42 Å². The molecule has 0 aliphatic rings. The SMILES string of the molecule is O=C(CCNS(=O)(=O)c1ccc(F)cc1)Nc1ccc(Cl)c(Cl)c1. The van der Waals surface area contributed by atoms with Crippen molar-refractivity contribution >= 4 is 44.8 Å². The Labute approximate surface area is 148 Å². The van der Waals surface area contributed by atoms with Gasteiger partial charge in [0.25, 0.3) is 0 Å². The molecule has 5 nitrogen and oxygen atoms in total. The van der Waals surface area contributed by atoms with Crippen molar-refractivity contribution in [3.05, 3.63) is 58.3 Å². The molecule has 0 aliphatic carbocycles. The van der Waals surface area contributed by atoms with E-state index in [-0.39, 0.29) is 17.9 Å². The number of carbonyl (C=O) groups excluding carboxylic acids is 1. The lowest BCUT2D eigenvalue weighted by Gasteiger charge is -2.08. The van der Waals surface area contributed by atoms with E-state index in [1.54, 1.807) is 6.07 Å². The van der Waals surface area contributed by atoms with Crippen LogP contribution < -0.4 is 10.0 Å². The molecule has 0 aromatic heterocycles. The standard InChI is InChI=1S/C15H13Cl2FN2O3S/c16-13-6-3-11(9-14(13)17)20-15(21)7-8-19-24(22,23)12-4-1-10(18)2-5-12/h1-6,9,19H,7-8H2,(H,20,21). The van der Waals surface area contributed by atoms with Crippen LogP contribution in [0.3, 0.4) is 0 Å². The third-order valence-corrected chi connectivity index (χ3v) is 5.19. The fourth-order valence-corrected chi connectivity index (χ4v) is 3.12. The molecule has 0 saturated carbocycles. The minimum absolute atomic E-state index is 0.0752. The zero-order valence-corrected chi connectivity index (χ0v) is 14.6. The molecule has 0 radical (unpaired) electrons. The smallest absolute Gasteiger partial charge is 0.240 e. The average Bonchev–Trinajstić information content (AvgIpc) is 2.51. The summed E-state index contributed by atoms with van der Waals surface area (Å²) in [5.41, 5.74) is 0.454. The first-order valence-corrected chi connectivity index (χ1v) is 9.02. The Hall–Kier alpha value is -1.67. The Morgan fingerprint density at radius 3 is 2.33 bits per heavy atom. The summed E-state index contributed by atoms with van der Waals surface area (Å²) >= 11 is 11.6. The third kappa shape index (κ3) is 5.17. The van der Waals surface area contributed by atoms with Crippen LogP contribution in [0.2, 0.25) is 10.0 Å². The van der Waals surface area contributed by atoms with Crippen molar-refractivity contribution < 1.29 is 17.6 Å². The van der Waals surface area contributed by atoms with Crippen LogP contribution in [0.15, 0.2) is 47.4 Å². The van der Waals surface area contributed by atoms with Gasteiger partial charge in [0, 0.05) is 18.7 Å². The van der Waals surface area contributed by atoms with Crippen molar-refractivity contribution in [2.24, 2.45) is 0 Å². The van der Waals surface area contributed by atoms with Gasteiger partial charge in [-0.25, -0.2) is 17.5 Å². The zero-order chi connectivity index (χ0) is 17.7. The van der Waals surface area contributed by atoms with E-state index in [2.05, 4.69) is 10.0 Å². The highest BCUT2D eigenvalue weighted by atomic mass is 35.5. The monoisotopic (exact) mass is 390 g/mol. The molecule has 0 fully saturated rings. The van der Waals surface area contributed by atoms with E-state index in [1.807, 2.05) is 0 Å². The van der Waals surface area contributed by atoms with Gasteiger partial charge in [-0.3, -0.25) is 4.79 Å². The van der Waals surface area contributed by atoms with Gasteiger partial charge in [-0.05, 0) is 42.5 Å². The largest absolute Gasteiger partial charge is 0.326 e. The Bertz CT molecular complexity index is 842. The summed E-state index contributed by atoms with van der Waals surface area (Å²) in [4.78, 5) is 11.7. The molecular formula is C15H13Cl2FN2O3S. The summed E-state index contributed by atoms with van der Waals surface area (Å²) in [5, 5.41) is 3.24. The van der Waals surface area contributed by atoms with Crippen LogP contribution in [-0.2, 0) is 14.8 Å². The van der Waals surface area contributed by atoms with Crippen LogP contribution in [0.25, 0.3) is 0 Å². The highest BCUT2D eigenvalue weighted by molar-refractivity contribution is 7.89. The summed E-state index contributed by atoms with van der Waals surface area (Å²) in [6, 6.07) is 8.99. The molecule has 128 valence electrons. The number of benzene rings is 2. The maximum absolute atomic E-state index is 12.8. The first-order valence-electron chi connectivity index (χ1n) is 6.78. The van der Waals surface area contributed by atoms with Gasteiger partial charge in [-0.1, -0.05) is 23.2 Å². The lowest BCUT2D eigenvalue weighted by Crippen LogP contribution is -2.27. The minimum atomic E-state index is -3.79. The molecule has 2 rings (SSSR count). The molecule has 2 aromatic carbocycles. The van der Waals surface area contributed by atoms with E-state index < -0.39 is 21.7 Å². The number of hydrogen-bond acceptors (Lipinski definition) is 3. The number of rotatable bonds is 6. The molecule has 0 bridgehead atoms.